The van der Waals surface area contributed by atoms with E-state index in [1.54, 1.807) is 23.9 Å². The van der Waals surface area contributed by atoms with Gasteiger partial charge in [0.15, 0.2) is 0 Å². The number of phenolic OH excluding ortho intramolecular Hbond substituents is 1. The van der Waals surface area contributed by atoms with Crippen molar-refractivity contribution in [1.82, 2.24) is 0 Å². The number of ether oxygens (including phenoxy) is 1. The topological polar surface area (TPSA) is 41.8 Å². The van der Waals surface area contributed by atoms with Gasteiger partial charge in [-0.2, -0.15) is 0 Å². The largest absolute Gasteiger partial charge is 0.508 e. The van der Waals surface area contributed by atoms with Gasteiger partial charge >= 0.3 is 0 Å². The Kier molecular flexibility index (Phi) is 4.04. The molecule has 0 amide bonds. The van der Waals surface area contributed by atoms with Crippen LogP contribution in [0.15, 0.2) is 59.6 Å². The highest BCUT2D eigenvalue weighted by molar-refractivity contribution is 8.14. The molecule has 1 aliphatic heterocycles. The van der Waals surface area contributed by atoms with Gasteiger partial charge in [0.2, 0.25) is 0 Å². The fraction of sp³-hybridized carbons (Fsp3) is 0.188. The van der Waals surface area contributed by atoms with E-state index in [4.69, 9.17) is 4.74 Å². The summed E-state index contributed by atoms with van der Waals surface area (Å²) in [5, 5.41) is 10.3. The fourth-order valence-corrected chi connectivity index (χ4v) is 2.98. The zero-order valence-corrected chi connectivity index (χ0v) is 11.7. The molecule has 0 bridgehead atoms. The lowest BCUT2D eigenvalue weighted by atomic mass is 10.1. The number of phenols is 1. The maximum absolute atomic E-state index is 9.30. The molecule has 0 radical (unpaired) electrons. The molecule has 0 spiro atoms. The van der Waals surface area contributed by atoms with Gasteiger partial charge in [0.25, 0.3) is 0 Å². The molecule has 1 aliphatic rings. The molecule has 0 aliphatic carbocycles. The Bertz CT molecular complexity index is 586. The van der Waals surface area contributed by atoms with Crippen molar-refractivity contribution in [2.24, 2.45) is 4.99 Å². The first-order chi connectivity index (χ1) is 9.81. The summed E-state index contributed by atoms with van der Waals surface area (Å²) in [6, 6.07) is 17.1. The lowest BCUT2D eigenvalue weighted by molar-refractivity contribution is 0.0982. The molecule has 3 nitrogen and oxygen atoms in total. The summed E-state index contributed by atoms with van der Waals surface area (Å²) in [4.78, 5) is 4.57. The van der Waals surface area contributed by atoms with Crippen molar-refractivity contribution < 1.29 is 9.84 Å². The van der Waals surface area contributed by atoms with Crippen LogP contribution >= 0.6 is 11.8 Å². The summed E-state index contributed by atoms with van der Waals surface area (Å²) in [6.45, 7) is 0.533. The third-order valence-electron chi connectivity index (χ3n) is 3.08. The molecule has 0 saturated carbocycles. The van der Waals surface area contributed by atoms with E-state index >= 15 is 0 Å². The minimum Gasteiger partial charge on any atom is -0.508 e. The zero-order chi connectivity index (χ0) is 13.8. The minimum absolute atomic E-state index is 0.0651. The average molecular weight is 285 g/mol. The molecule has 1 N–H and O–H groups in total. The van der Waals surface area contributed by atoms with Gasteiger partial charge in [-0.15, -0.1) is 11.8 Å². The minimum atomic E-state index is 0.0651. The van der Waals surface area contributed by atoms with Gasteiger partial charge in [-0.1, -0.05) is 30.3 Å². The molecule has 1 saturated heterocycles. The molecular formula is C16H15NO2S. The highest BCUT2D eigenvalue weighted by Crippen LogP contribution is 2.30. The molecule has 102 valence electrons. The number of thioether (sulfide) groups is 1. The van der Waals surface area contributed by atoms with Gasteiger partial charge in [0, 0.05) is 5.75 Å². The Balaban J connectivity index is 1.65. The van der Waals surface area contributed by atoms with Crippen molar-refractivity contribution in [3.63, 3.8) is 0 Å². The second-order valence-corrected chi connectivity index (χ2v) is 5.64. The summed E-state index contributed by atoms with van der Waals surface area (Å²) in [5.74, 6) is 1.12. The molecule has 1 atom stereocenters. The fourth-order valence-electron chi connectivity index (χ4n) is 2.03. The van der Waals surface area contributed by atoms with Crippen LogP contribution in [-0.4, -0.2) is 22.5 Å². The monoisotopic (exact) mass is 285 g/mol. The summed E-state index contributed by atoms with van der Waals surface area (Å²) >= 11 is 1.73. The van der Waals surface area contributed by atoms with Crippen LogP contribution in [0.1, 0.15) is 11.7 Å². The highest BCUT2D eigenvalue weighted by Gasteiger charge is 2.20. The van der Waals surface area contributed by atoms with Gasteiger partial charge in [-0.05, 0) is 29.8 Å². The predicted molar refractivity (Wildman–Crippen MR) is 82.8 cm³/mol. The Morgan fingerprint density at radius 1 is 1.05 bits per heavy atom. The van der Waals surface area contributed by atoms with E-state index in [1.165, 1.54) is 0 Å². The van der Waals surface area contributed by atoms with E-state index in [2.05, 4.69) is 4.99 Å². The Labute approximate surface area is 122 Å². The van der Waals surface area contributed by atoms with E-state index in [-0.39, 0.29) is 11.9 Å². The van der Waals surface area contributed by atoms with Crippen molar-refractivity contribution in [2.45, 2.75) is 6.10 Å². The van der Waals surface area contributed by atoms with Crippen molar-refractivity contribution in [1.29, 1.82) is 0 Å². The van der Waals surface area contributed by atoms with Crippen LogP contribution in [0.5, 0.6) is 5.75 Å². The van der Waals surface area contributed by atoms with Gasteiger partial charge in [-0.25, -0.2) is 4.99 Å². The third-order valence-corrected chi connectivity index (χ3v) is 4.10. The first-order valence-electron chi connectivity index (χ1n) is 6.47. The highest BCUT2D eigenvalue weighted by atomic mass is 32.2. The number of rotatable bonds is 2. The number of hydrogen-bond acceptors (Lipinski definition) is 4. The van der Waals surface area contributed by atoms with Crippen LogP contribution in [0.4, 0.5) is 5.69 Å². The van der Waals surface area contributed by atoms with Gasteiger partial charge < -0.3 is 9.84 Å². The smallest absolute Gasteiger partial charge is 0.115 e. The number of benzene rings is 2. The van der Waals surface area contributed by atoms with E-state index in [0.717, 1.165) is 22.0 Å². The second kappa shape index (κ2) is 6.11. The molecule has 1 heterocycles. The van der Waals surface area contributed by atoms with E-state index in [0.29, 0.717) is 6.61 Å². The molecule has 2 aromatic rings. The summed E-state index contributed by atoms with van der Waals surface area (Å²) < 4.78 is 5.86. The van der Waals surface area contributed by atoms with Crippen LogP contribution in [-0.2, 0) is 4.74 Å². The van der Waals surface area contributed by atoms with Crippen molar-refractivity contribution in [3.8, 4) is 5.75 Å². The predicted octanol–water partition coefficient (Wildman–Crippen LogP) is 3.93. The molecule has 2 aromatic carbocycles. The Morgan fingerprint density at radius 2 is 1.80 bits per heavy atom. The molecule has 0 aromatic heterocycles. The van der Waals surface area contributed by atoms with Crippen LogP contribution in [0.3, 0.4) is 0 Å². The maximum Gasteiger partial charge on any atom is 0.115 e. The quantitative estimate of drug-likeness (QED) is 0.909. The number of nitrogens with zero attached hydrogens (tertiary/aromatic N) is 1. The van der Waals surface area contributed by atoms with Crippen LogP contribution in [0.25, 0.3) is 0 Å². The first kappa shape index (κ1) is 13.2. The molecular weight excluding hydrogens is 270 g/mol. The van der Waals surface area contributed by atoms with Crippen molar-refractivity contribution >= 4 is 22.5 Å². The SMILES string of the molecule is Oc1ccc(C2CSC(=Nc3ccccc3)CO2)cc1. The number of aromatic hydroxyl groups is 1. The average Bonchev–Trinajstić information content (AvgIpc) is 2.50. The molecule has 3 rings (SSSR count). The second-order valence-electron chi connectivity index (χ2n) is 4.54. The lowest BCUT2D eigenvalue weighted by Crippen LogP contribution is -2.19. The standard InChI is InChI=1S/C16H15NO2S/c18-14-8-6-12(7-9-14)15-11-20-16(10-19-15)17-13-4-2-1-3-5-13/h1-9,15,18H,10-11H2. The third kappa shape index (κ3) is 3.21. The molecule has 1 fully saturated rings. The van der Waals surface area contributed by atoms with E-state index < -0.39 is 0 Å². The van der Waals surface area contributed by atoms with Crippen molar-refractivity contribution in [2.75, 3.05) is 12.4 Å². The normalized spacial score (nSPS) is 21.0. The molecule has 1 unspecified atom stereocenters. The molecule has 4 heteroatoms. The van der Waals surface area contributed by atoms with Gasteiger partial charge in [0.05, 0.1) is 23.4 Å². The number of aliphatic imine (C=N–C) groups is 1. The molecule has 20 heavy (non-hydrogen) atoms. The number of para-hydroxylation sites is 1. The number of hydrogen-bond donors (Lipinski definition) is 1. The first-order valence-corrected chi connectivity index (χ1v) is 7.46. The summed E-state index contributed by atoms with van der Waals surface area (Å²) in [6.07, 6.45) is 0.0651. The Morgan fingerprint density at radius 3 is 2.45 bits per heavy atom. The summed E-state index contributed by atoms with van der Waals surface area (Å²) in [7, 11) is 0. The zero-order valence-electron chi connectivity index (χ0n) is 10.9. The summed E-state index contributed by atoms with van der Waals surface area (Å²) in [5.41, 5.74) is 2.05. The van der Waals surface area contributed by atoms with Crippen molar-refractivity contribution in [3.05, 3.63) is 60.2 Å². The van der Waals surface area contributed by atoms with Crippen LogP contribution in [0.2, 0.25) is 0 Å². The Hall–Kier alpha value is -1.78. The van der Waals surface area contributed by atoms with Gasteiger partial charge in [0.1, 0.15) is 5.75 Å². The van der Waals surface area contributed by atoms with E-state index in [1.807, 2.05) is 42.5 Å². The van der Waals surface area contributed by atoms with Crippen LogP contribution < -0.4 is 0 Å². The lowest BCUT2D eigenvalue weighted by Gasteiger charge is -2.23. The van der Waals surface area contributed by atoms with Crippen LogP contribution in [0, 0.1) is 0 Å². The van der Waals surface area contributed by atoms with Gasteiger partial charge in [-0.3, -0.25) is 0 Å². The van der Waals surface area contributed by atoms with E-state index in [9.17, 15) is 5.11 Å². The maximum atomic E-state index is 9.30.